The molecule has 3 heteroatoms. The lowest BCUT2D eigenvalue weighted by Gasteiger charge is -2.34. The summed E-state index contributed by atoms with van der Waals surface area (Å²) in [6.07, 6.45) is 4.55. The standard InChI is InChI=1S/C18H27FO2/c1-4-21-18(14-8-6-5-7-9-14)17(20)16-13(3)10-12(2)11-15(16)19/h10-11,14,17-18,20H,4-9H2,1-3H3. The molecule has 21 heavy (non-hydrogen) atoms. The lowest BCUT2D eigenvalue weighted by Crippen LogP contribution is -2.33. The molecule has 1 aliphatic carbocycles. The van der Waals surface area contributed by atoms with Gasteiger partial charge in [0.15, 0.2) is 0 Å². The molecule has 2 unspecified atom stereocenters. The third-order valence-corrected chi connectivity index (χ3v) is 4.56. The predicted octanol–water partition coefficient (Wildman–Crippen LogP) is 4.46. The summed E-state index contributed by atoms with van der Waals surface area (Å²) in [5.41, 5.74) is 2.09. The Kier molecular flexibility index (Phi) is 5.77. The van der Waals surface area contributed by atoms with Crippen molar-refractivity contribution >= 4 is 0 Å². The summed E-state index contributed by atoms with van der Waals surface area (Å²) in [4.78, 5) is 0. The third kappa shape index (κ3) is 3.83. The maximum atomic E-state index is 14.3. The Morgan fingerprint density at radius 3 is 2.48 bits per heavy atom. The van der Waals surface area contributed by atoms with Crippen molar-refractivity contribution in [1.29, 1.82) is 0 Å². The monoisotopic (exact) mass is 294 g/mol. The Hall–Kier alpha value is -0.930. The van der Waals surface area contributed by atoms with Crippen molar-refractivity contribution in [3.63, 3.8) is 0 Å². The first-order valence-electron chi connectivity index (χ1n) is 8.11. The van der Waals surface area contributed by atoms with E-state index < -0.39 is 6.10 Å². The SMILES string of the molecule is CCOC(C1CCCCC1)C(O)c1c(C)cc(C)cc1F. The van der Waals surface area contributed by atoms with E-state index in [0.717, 1.165) is 24.0 Å². The van der Waals surface area contributed by atoms with Crippen LogP contribution in [-0.2, 0) is 4.74 Å². The first-order chi connectivity index (χ1) is 10.0. The molecule has 1 fully saturated rings. The van der Waals surface area contributed by atoms with Gasteiger partial charge in [-0.3, -0.25) is 0 Å². The Morgan fingerprint density at radius 2 is 1.90 bits per heavy atom. The second-order valence-corrected chi connectivity index (χ2v) is 6.24. The average molecular weight is 294 g/mol. The van der Waals surface area contributed by atoms with Crippen LogP contribution < -0.4 is 0 Å². The van der Waals surface area contributed by atoms with Gasteiger partial charge in [-0.15, -0.1) is 0 Å². The molecule has 0 amide bonds. The molecule has 0 aliphatic heterocycles. The summed E-state index contributed by atoms with van der Waals surface area (Å²) in [5, 5.41) is 10.8. The summed E-state index contributed by atoms with van der Waals surface area (Å²) in [5.74, 6) is 0.00863. The molecule has 0 heterocycles. The van der Waals surface area contributed by atoms with Crippen LogP contribution in [0.1, 0.15) is 61.8 Å². The van der Waals surface area contributed by atoms with Gasteiger partial charge in [0.25, 0.3) is 0 Å². The highest BCUT2D eigenvalue weighted by Gasteiger charge is 2.33. The fourth-order valence-electron chi connectivity index (χ4n) is 3.61. The quantitative estimate of drug-likeness (QED) is 0.868. The van der Waals surface area contributed by atoms with Crippen LogP contribution >= 0.6 is 0 Å². The normalized spacial score (nSPS) is 19.5. The molecule has 0 saturated heterocycles. The topological polar surface area (TPSA) is 29.5 Å². The smallest absolute Gasteiger partial charge is 0.129 e. The van der Waals surface area contributed by atoms with E-state index in [1.54, 1.807) is 0 Å². The van der Waals surface area contributed by atoms with E-state index in [4.69, 9.17) is 4.74 Å². The highest BCUT2D eigenvalue weighted by atomic mass is 19.1. The number of halogens is 1. The van der Waals surface area contributed by atoms with E-state index in [2.05, 4.69) is 0 Å². The van der Waals surface area contributed by atoms with E-state index in [-0.39, 0.29) is 11.9 Å². The van der Waals surface area contributed by atoms with Gasteiger partial charge in [0.1, 0.15) is 11.9 Å². The lowest BCUT2D eigenvalue weighted by atomic mass is 9.81. The van der Waals surface area contributed by atoms with Gasteiger partial charge in [0.2, 0.25) is 0 Å². The zero-order chi connectivity index (χ0) is 15.4. The summed E-state index contributed by atoms with van der Waals surface area (Å²) < 4.78 is 20.1. The van der Waals surface area contributed by atoms with Crippen molar-refractivity contribution in [3.8, 4) is 0 Å². The van der Waals surface area contributed by atoms with Gasteiger partial charge in [-0.2, -0.15) is 0 Å². The molecule has 118 valence electrons. The van der Waals surface area contributed by atoms with E-state index in [1.165, 1.54) is 25.3 Å². The van der Waals surface area contributed by atoms with Crippen LogP contribution in [0.3, 0.4) is 0 Å². The Bertz CT molecular complexity index is 443. The first-order valence-corrected chi connectivity index (χ1v) is 8.11. The lowest BCUT2D eigenvalue weighted by molar-refractivity contribution is -0.0752. The maximum Gasteiger partial charge on any atom is 0.129 e. The number of rotatable bonds is 5. The second-order valence-electron chi connectivity index (χ2n) is 6.24. The number of hydrogen-bond acceptors (Lipinski definition) is 2. The molecule has 0 aromatic heterocycles. The summed E-state index contributed by atoms with van der Waals surface area (Å²) in [6.45, 7) is 6.21. The molecule has 2 rings (SSSR count). The first kappa shape index (κ1) is 16.4. The van der Waals surface area contributed by atoms with Crippen molar-refractivity contribution in [1.82, 2.24) is 0 Å². The van der Waals surface area contributed by atoms with Gasteiger partial charge in [0, 0.05) is 12.2 Å². The second kappa shape index (κ2) is 7.37. The molecule has 1 N–H and O–H groups in total. The number of ether oxygens (including phenoxy) is 1. The van der Waals surface area contributed by atoms with Crippen LogP contribution in [0.25, 0.3) is 0 Å². The van der Waals surface area contributed by atoms with E-state index in [9.17, 15) is 9.50 Å². The van der Waals surface area contributed by atoms with Crippen molar-refractivity contribution in [3.05, 3.63) is 34.6 Å². The fourth-order valence-corrected chi connectivity index (χ4v) is 3.61. The Labute approximate surface area is 127 Å². The van der Waals surface area contributed by atoms with Gasteiger partial charge in [-0.25, -0.2) is 4.39 Å². The molecule has 1 saturated carbocycles. The molecule has 1 aromatic rings. The molecule has 2 nitrogen and oxygen atoms in total. The zero-order valence-corrected chi connectivity index (χ0v) is 13.4. The Morgan fingerprint density at radius 1 is 1.24 bits per heavy atom. The van der Waals surface area contributed by atoms with Crippen LogP contribution in [0, 0.1) is 25.6 Å². The van der Waals surface area contributed by atoms with Gasteiger partial charge in [-0.05, 0) is 56.7 Å². The van der Waals surface area contributed by atoms with E-state index in [1.807, 2.05) is 26.8 Å². The molecule has 0 spiro atoms. The highest BCUT2D eigenvalue weighted by Crippen LogP contribution is 2.36. The summed E-state index contributed by atoms with van der Waals surface area (Å²) in [7, 11) is 0. The maximum absolute atomic E-state index is 14.3. The number of aryl methyl sites for hydroxylation is 2. The van der Waals surface area contributed by atoms with Gasteiger partial charge >= 0.3 is 0 Å². The molecule has 1 aliphatic rings. The van der Waals surface area contributed by atoms with Crippen LogP contribution in [0.5, 0.6) is 0 Å². The predicted molar refractivity (Wildman–Crippen MR) is 82.8 cm³/mol. The van der Waals surface area contributed by atoms with Crippen LogP contribution in [0.2, 0.25) is 0 Å². The number of hydrogen-bond donors (Lipinski definition) is 1. The van der Waals surface area contributed by atoms with Crippen LogP contribution in [0.15, 0.2) is 12.1 Å². The largest absolute Gasteiger partial charge is 0.386 e. The van der Waals surface area contributed by atoms with Crippen molar-refractivity contribution in [2.75, 3.05) is 6.61 Å². The Balaban J connectivity index is 2.27. The minimum atomic E-state index is -0.881. The fraction of sp³-hybridized carbons (Fsp3) is 0.667. The zero-order valence-electron chi connectivity index (χ0n) is 13.4. The molecule has 0 bridgehead atoms. The molecule has 0 radical (unpaired) electrons. The molecular weight excluding hydrogens is 267 g/mol. The van der Waals surface area contributed by atoms with Crippen molar-refractivity contribution in [2.24, 2.45) is 5.92 Å². The van der Waals surface area contributed by atoms with Crippen LogP contribution in [0.4, 0.5) is 4.39 Å². The molecule has 1 aromatic carbocycles. The van der Waals surface area contributed by atoms with Gasteiger partial charge < -0.3 is 9.84 Å². The number of aliphatic hydroxyl groups is 1. The molecular formula is C18H27FO2. The van der Waals surface area contributed by atoms with Gasteiger partial charge in [0.05, 0.1) is 6.10 Å². The highest BCUT2D eigenvalue weighted by molar-refractivity contribution is 5.34. The molecule has 2 atom stereocenters. The minimum absolute atomic E-state index is 0.300. The van der Waals surface area contributed by atoms with Crippen LogP contribution in [-0.4, -0.2) is 17.8 Å². The number of aliphatic hydroxyl groups excluding tert-OH is 1. The summed E-state index contributed by atoms with van der Waals surface area (Å²) in [6, 6.07) is 3.42. The van der Waals surface area contributed by atoms with Gasteiger partial charge in [-0.1, -0.05) is 25.3 Å². The summed E-state index contributed by atoms with van der Waals surface area (Å²) >= 11 is 0. The van der Waals surface area contributed by atoms with Crippen molar-refractivity contribution < 1.29 is 14.2 Å². The minimum Gasteiger partial charge on any atom is -0.386 e. The number of benzene rings is 1. The van der Waals surface area contributed by atoms with E-state index >= 15 is 0 Å². The average Bonchev–Trinajstić information content (AvgIpc) is 2.44. The van der Waals surface area contributed by atoms with Crippen molar-refractivity contribution in [2.45, 2.75) is 65.1 Å². The van der Waals surface area contributed by atoms with E-state index in [0.29, 0.717) is 18.1 Å². The third-order valence-electron chi connectivity index (χ3n) is 4.56.